The summed E-state index contributed by atoms with van der Waals surface area (Å²) in [6.45, 7) is 9.59. The minimum Gasteiger partial charge on any atom is -0.444 e. The summed E-state index contributed by atoms with van der Waals surface area (Å²) in [6.07, 6.45) is 2.48. The van der Waals surface area contributed by atoms with Crippen molar-refractivity contribution < 1.29 is 19.1 Å². The molecule has 34 heavy (non-hydrogen) atoms. The predicted molar refractivity (Wildman–Crippen MR) is 132 cm³/mol. The van der Waals surface area contributed by atoms with Gasteiger partial charge in [-0.05, 0) is 75.8 Å². The number of hydrogen-bond acceptors (Lipinski definition) is 5. The van der Waals surface area contributed by atoms with E-state index in [0.29, 0.717) is 28.6 Å². The monoisotopic (exact) mass is 486 g/mol. The van der Waals surface area contributed by atoms with Gasteiger partial charge in [0.05, 0.1) is 17.9 Å². The summed E-state index contributed by atoms with van der Waals surface area (Å²) in [5.74, 6) is -0.751. The van der Waals surface area contributed by atoms with Crippen LogP contribution in [0, 0.1) is 12.8 Å². The van der Waals surface area contributed by atoms with Crippen molar-refractivity contribution in [3.8, 4) is 0 Å². The summed E-state index contributed by atoms with van der Waals surface area (Å²) in [5, 5.41) is 5.81. The van der Waals surface area contributed by atoms with E-state index in [1.807, 2.05) is 18.2 Å². The molecule has 1 aliphatic rings. The van der Waals surface area contributed by atoms with E-state index in [1.54, 1.807) is 44.7 Å². The van der Waals surface area contributed by atoms with Crippen molar-refractivity contribution in [2.24, 2.45) is 5.92 Å². The first kappa shape index (κ1) is 25.5. The van der Waals surface area contributed by atoms with Gasteiger partial charge < -0.3 is 15.0 Å². The van der Waals surface area contributed by atoms with Gasteiger partial charge in [0.15, 0.2) is 0 Å². The van der Waals surface area contributed by atoms with Crippen LogP contribution in [-0.4, -0.2) is 39.9 Å². The average molecular weight is 487 g/mol. The molecule has 1 aliphatic heterocycles. The van der Waals surface area contributed by atoms with Crippen LogP contribution in [0.5, 0.6) is 0 Å². The fraction of sp³-hybridized carbons (Fsp3) is 0.440. The van der Waals surface area contributed by atoms with Crippen LogP contribution in [0.3, 0.4) is 0 Å². The third kappa shape index (κ3) is 6.70. The lowest BCUT2D eigenvalue weighted by Gasteiger charge is -2.38. The third-order valence-corrected chi connectivity index (χ3v) is 5.70. The Hall–Kier alpha value is -3.13. The highest BCUT2D eigenvalue weighted by molar-refractivity contribution is 6.39. The molecule has 2 heterocycles. The van der Waals surface area contributed by atoms with Gasteiger partial charge >= 0.3 is 17.9 Å². The Morgan fingerprint density at radius 2 is 1.88 bits per heavy atom. The van der Waals surface area contributed by atoms with Gasteiger partial charge in [0.1, 0.15) is 11.4 Å². The number of likely N-dealkylation sites (tertiary alicyclic amines) is 1. The number of hydrogen-bond donors (Lipinski definition) is 2. The van der Waals surface area contributed by atoms with Crippen molar-refractivity contribution in [2.45, 2.75) is 59.1 Å². The maximum Gasteiger partial charge on any atom is 0.413 e. The van der Waals surface area contributed by atoms with Crippen LogP contribution < -0.4 is 10.6 Å². The molecule has 0 unspecified atom stereocenters. The largest absolute Gasteiger partial charge is 0.444 e. The molecule has 1 fully saturated rings. The molecular weight excluding hydrogens is 456 g/mol. The van der Waals surface area contributed by atoms with E-state index < -0.39 is 23.5 Å². The van der Waals surface area contributed by atoms with Gasteiger partial charge in [-0.15, -0.1) is 0 Å². The van der Waals surface area contributed by atoms with Gasteiger partial charge in [-0.1, -0.05) is 30.7 Å². The minimum atomic E-state index is -0.741. The zero-order chi connectivity index (χ0) is 25.0. The van der Waals surface area contributed by atoms with Crippen LogP contribution in [-0.2, 0) is 14.3 Å². The second-order valence-corrected chi connectivity index (χ2v) is 10.1. The molecule has 2 N–H and O–H groups in total. The van der Waals surface area contributed by atoms with Crippen LogP contribution in [0.1, 0.15) is 57.7 Å². The first-order valence-electron chi connectivity index (χ1n) is 11.3. The zero-order valence-electron chi connectivity index (χ0n) is 20.1. The summed E-state index contributed by atoms with van der Waals surface area (Å²) in [6, 6.07) is 8.82. The number of piperidine rings is 1. The SMILES string of the molecule is Cc1cc(NC(=O)C(=O)N2C[C@@H](C)CC[C@@H]2c2cccc(Cl)c2)cnc1NC(=O)OC(C)(C)C. The second kappa shape index (κ2) is 10.4. The van der Waals surface area contributed by atoms with E-state index in [1.165, 1.54) is 6.20 Å². The summed E-state index contributed by atoms with van der Waals surface area (Å²) in [7, 11) is 0. The topological polar surface area (TPSA) is 101 Å². The fourth-order valence-corrected chi connectivity index (χ4v) is 4.13. The van der Waals surface area contributed by atoms with E-state index in [2.05, 4.69) is 22.5 Å². The van der Waals surface area contributed by atoms with Crippen molar-refractivity contribution in [2.75, 3.05) is 17.2 Å². The van der Waals surface area contributed by atoms with E-state index >= 15 is 0 Å². The number of nitrogens with one attached hydrogen (secondary N) is 2. The Morgan fingerprint density at radius 1 is 1.15 bits per heavy atom. The first-order chi connectivity index (χ1) is 15.9. The summed E-state index contributed by atoms with van der Waals surface area (Å²) in [5.41, 5.74) is 1.24. The number of pyridine rings is 1. The van der Waals surface area contributed by atoms with E-state index in [-0.39, 0.29) is 12.0 Å². The number of rotatable bonds is 3. The highest BCUT2D eigenvalue weighted by atomic mass is 35.5. The Kier molecular flexibility index (Phi) is 7.82. The van der Waals surface area contributed by atoms with Gasteiger partial charge in [-0.25, -0.2) is 9.78 Å². The van der Waals surface area contributed by atoms with Crippen molar-refractivity contribution in [1.29, 1.82) is 0 Å². The Balaban J connectivity index is 1.70. The van der Waals surface area contributed by atoms with Crippen LogP contribution >= 0.6 is 11.6 Å². The van der Waals surface area contributed by atoms with Crippen LogP contribution in [0.2, 0.25) is 5.02 Å². The molecule has 0 saturated carbocycles. The van der Waals surface area contributed by atoms with Gasteiger partial charge in [0.2, 0.25) is 0 Å². The van der Waals surface area contributed by atoms with Gasteiger partial charge in [0, 0.05) is 11.6 Å². The molecule has 1 saturated heterocycles. The number of amides is 3. The number of halogens is 1. The van der Waals surface area contributed by atoms with Gasteiger partial charge in [-0.3, -0.25) is 14.9 Å². The Morgan fingerprint density at radius 3 is 2.53 bits per heavy atom. The Labute approximate surface area is 205 Å². The lowest BCUT2D eigenvalue weighted by Crippen LogP contribution is -2.46. The van der Waals surface area contributed by atoms with Crippen LogP contribution in [0.4, 0.5) is 16.3 Å². The van der Waals surface area contributed by atoms with E-state index in [4.69, 9.17) is 16.3 Å². The number of nitrogens with zero attached hydrogens (tertiary/aromatic N) is 2. The standard InChI is InChI=1S/C25H31ClN4O4/c1-15-9-10-20(17-7-6-8-18(26)12-17)30(14-15)23(32)22(31)28-19-11-16(2)21(27-13-19)29-24(33)34-25(3,4)5/h6-8,11-13,15,20H,9-10,14H2,1-5H3,(H,28,31)(H,27,29,33)/t15-,20+/m0/s1. The van der Waals surface area contributed by atoms with Gasteiger partial charge in [0.25, 0.3) is 0 Å². The summed E-state index contributed by atoms with van der Waals surface area (Å²) in [4.78, 5) is 43.8. The molecule has 2 aromatic rings. The highest BCUT2D eigenvalue weighted by Crippen LogP contribution is 2.34. The lowest BCUT2D eigenvalue weighted by molar-refractivity contribution is -0.146. The molecule has 0 aliphatic carbocycles. The van der Waals surface area contributed by atoms with Crippen molar-refractivity contribution >= 4 is 41.0 Å². The maximum absolute atomic E-state index is 13.1. The summed E-state index contributed by atoms with van der Waals surface area (Å²) < 4.78 is 5.23. The van der Waals surface area contributed by atoms with Crippen molar-refractivity contribution in [3.63, 3.8) is 0 Å². The number of benzene rings is 1. The van der Waals surface area contributed by atoms with E-state index in [9.17, 15) is 14.4 Å². The fourth-order valence-electron chi connectivity index (χ4n) is 3.93. The molecule has 0 bridgehead atoms. The first-order valence-corrected chi connectivity index (χ1v) is 11.6. The molecule has 3 rings (SSSR count). The smallest absolute Gasteiger partial charge is 0.413 e. The molecule has 2 atom stereocenters. The molecule has 1 aromatic heterocycles. The van der Waals surface area contributed by atoms with Crippen LogP contribution in [0.25, 0.3) is 0 Å². The maximum atomic E-state index is 13.1. The molecular formula is C25H31ClN4O4. The second-order valence-electron chi connectivity index (χ2n) is 9.68. The van der Waals surface area contributed by atoms with Crippen molar-refractivity contribution in [1.82, 2.24) is 9.88 Å². The minimum absolute atomic E-state index is 0.214. The summed E-state index contributed by atoms with van der Waals surface area (Å²) >= 11 is 6.16. The lowest BCUT2D eigenvalue weighted by atomic mass is 9.90. The number of anilines is 2. The molecule has 1 aromatic carbocycles. The number of carbonyl (C=O) groups is 3. The normalized spacial score (nSPS) is 18.2. The average Bonchev–Trinajstić information content (AvgIpc) is 2.73. The zero-order valence-corrected chi connectivity index (χ0v) is 20.9. The number of carbonyl (C=O) groups excluding carboxylic acids is 3. The number of aryl methyl sites for hydroxylation is 1. The molecule has 0 radical (unpaired) electrons. The predicted octanol–water partition coefficient (Wildman–Crippen LogP) is 5.33. The third-order valence-electron chi connectivity index (χ3n) is 5.46. The highest BCUT2D eigenvalue weighted by Gasteiger charge is 2.34. The molecule has 9 heteroatoms. The molecule has 0 spiro atoms. The molecule has 3 amide bonds. The molecule has 8 nitrogen and oxygen atoms in total. The number of aromatic nitrogens is 1. The van der Waals surface area contributed by atoms with Crippen LogP contribution in [0.15, 0.2) is 36.5 Å². The molecule has 182 valence electrons. The van der Waals surface area contributed by atoms with E-state index in [0.717, 1.165) is 18.4 Å². The number of ether oxygens (including phenoxy) is 1. The van der Waals surface area contributed by atoms with Crippen molar-refractivity contribution in [3.05, 3.63) is 52.7 Å². The Bertz CT molecular complexity index is 1080. The van der Waals surface area contributed by atoms with Gasteiger partial charge in [-0.2, -0.15) is 0 Å². The quantitative estimate of drug-likeness (QED) is 0.571.